The number of hydrogen-bond donors (Lipinski definition) is 2. The van der Waals surface area contributed by atoms with E-state index >= 15 is 0 Å². The van der Waals surface area contributed by atoms with E-state index in [1.807, 2.05) is 42.6 Å². The number of nitrogens with two attached hydrogens (primary N) is 1. The van der Waals surface area contributed by atoms with Crippen LogP contribution in [0.2, 0.25) is 0 Å². The number of carbonyl (C=O) groups is 1. The van der Waals surface area contributed by atoms with E-state index in [4.69, 9.17) is 5.73 Å². The van der Waals surface area contributed by atoms with Gasteiger partial charge in [0.15, 0.2) is 11.5 Å². The molecule has 2 heterocycles. The van der Waals surface area contributed by atoms with Crippen LogP contribution in [0.5, 0.6) is 0 Å². The third-order valence-corrected chi connectivity index (χ3v) is 3.38. The van der Waals surface area contributed by atoms with Crippen molar-refractivity contribution in [2.75, 3.05) is 6.54 Å². The van der Waals surface area contributed by atoms with Crippen molar-refractivity contribution >= 4 is 11.6 Å². The minimum absolute atomic E-state index is 0.0265. The Bertz CT molecular complexity index is 580. The molecule has 0 aliphatic rings. The van der Waals surface area contributed by atoms with Crippen LogP contribution in [0.1, 0.15) is 38.6 Å². The zero-order valence-electron chi connectivity index (χ0n) is 11.9. The largest absolute Gasteiger partial charge is 0.346 e. The van der Waals surface area contributed by atoms with Gasteiger partial charge in [0.25, 0.3) is 0 Å². The Morgan fingerprint density at radius 1 is 1.40 bits per heavy atom. The molecule has 0 saturated heterocycles. The number of amides is 1. The maximum atomic E-state index is 12.1. The van der Waals surface area contributed by atoms with Crippen molar-refractivity contribution in [3.63, 3.8) is 0 Å². The SMILES string of the molecule is CC(CCCN)C(=O)NC(C)c1nnc2ccccn12. The first-order chi connectivity index (χ1) is 9.63. The van der Waals surface area contributed by atoms with Crippen LogP contribution >= 0.6 is 0 Å². The van der Waals surface area contributed by atoms with Gasteiger partial charge in [-0.05, 0) is 38.4 Å². The summed E-state index contributed by atoms with van der Waals surface area (Å²) < 4.78 is 1.88. The number of nitrogens with one attached hydrogen (secondary N) is 1. The van der Waals surface area contributed by atoms with Gasteiger partial charge in [-0.2, -0.15) is 0 Å². The van der Waals surface area contributed by atoms with Crippen LogP contribution in [0.25, 0.3) is 5.65 Å². The summed E-state index contributed by atoms with van der Waals surface area (Å²) in [5, 5.41) is 11.2. The molecule has 2 atom stereocenters. The molecule has 0 aromatic carbocycles. The van der Waals surface area contributed by atoms with Crippen molar-refractivity contribution in [1.82, 2.24) is 19.9 Å². The summed E-state index contributed by atoms with van der Waals surface area (Å²) in [7, 11) is 0. The summed E-state index contributed by atoms with van der Waals surface area (Å²) in [5.74, 6) is 0.721. The molecule has 1 amide bonds. The van der Waals surface area contributed by atoms with E-state index < -0.39 is 0 Å². The molecule has 6 heteroatoms. The van der Waals surface area contributed by atoms with Crippen molar-refractivity contribution in [3.8, 4) is 0 Å². The maximum absolute atomic E-state index is 12.1. The highest BCUT2D eigenvalue weighted by Crippen LogP contribution is 2.13. The summed E-state index contributed by atoms with van der Waals surface area (Å²) in [6, 6.07) is 5.53. The first kappa shape index (κ1) is 14.5. The van der Waals surface area contributed by atoms with Crippen molar-refractivity contribution in [2.24, 2.45) is 11.7 Å². The first-order valence-electron chi connectivity index (χ1n) is 6.93. The molecule has 108 valence electrons. The summed E-state index contributed by atoms with van der Waals surface area (Å²) in [4.78, 5) is 12.1. The molecule has 0 fully saturated rings. The normalized spacial score (nSPS) is 14.2. The van der Waals surface area contributed by atoms with Gasteiger partial charge in [0.05, 0.1) is 6.04 Å². The number of fused-ring (bicyclic) bond motifs is 1. The van der Waals surface area contributed by atoms with Crippen molar-refractivity contribution in [1.29, 1.82) is 0 Å². The van der Waals surface area contributed by atoms with E-state index in [1.165, 1.54) is 0 Å². The van der Waals surface area contributed by atoms with Gasteiger partial charge in [-0.3, -0.25) is 9.20 Å². The Kier molecular flexibility index (Phi) is 4.68. The molecule has 2 unspecified atom stereocenters. The Morgan fingerprint density at radius 2 is 2.20 bits per heavy atom. The van der Waals surface area contributed by atoms with Crippen LogP contribution in [-0.4, -0.2) is 27.0 Å². The van der Waals surface area contributed by atoms with Gasteiger partial charge in [0.2, 0.25) is 5.91 Å². The number of hydrogen-bond acceptors (Lipinski definition) is 4. The van der Waals surface area contributed by atoms with Gasteiger partial charge in [-0.25, -0.2) is 0 Å². The van der Waals surface area contributed by atoms with Gasteiger partial charge in [-0.1, -0.05) is 13.0 Å². The predicted octanol–water partition coefficient (Wildman–Crippen LogP) is 1.28. The molecular weight excluding hydrogens is 254 g/mol. The van der Waals surface area contributed by atoms with Gasteiger partial charge in [0.1, 0.15) is 0 Å². The van der Waals surface area contributed by atoms with E-state index in [0.717, 1.165) is 24.3 Å². The molecule has 0 aliphatic heterocycles. The lowest BCUT2D eigenvalue weighted by molar-refractivity contribution is -0.125. The second-order valence-corrected chi connectivity index (χ2v) is 5.05. The summed E-state index contributed by atoms with van der Waals surface area (Å²) >= 11 is 0. The third-order valence-electron chi connectivity index (χ3n) is 3.38. The molecular formula is C14H21N5O. The van der Waals surface area contributed by atoms with Gasteiger partial charge < -0.3 is 11.1 Å². The topological polar surface area (TPSA) is 85.3 Å². The lowest BCUT2D eigenvalue weighted by Crippen LogP contribution is -2.32. The smallest absolute Gasteiger partial charge is 0.223 e. The monoisotopic (exact) mass is 275 g/mol. The van der Waals surface area contributed by atoms with E-state index in [2.05, 4.69) is 15.5 Å². The van der Waals surface area contributed by atoms with Crippen molar-refractivity contribution < 1.29 is 4.79 Å². The Hall–Kier alpha value is -1.95. The summed E-state index contributed by atoms with van der Waals surface area (Å²) in [6.07, 6.45) is 3.55. The Morgan fingerprint density at radius 3 is 2.95 bits per heavy atom. The van der Waals surface area contributed by atoms with E-state index in [9.17, 15) is 4.79 Å². The number of aromatic nitrogens is 3. The lowest BCUT2D eigenvalue weighted by atomic mass is 10.0. The molecule has 2 aromatic heterocycles. The highest BCUT2D eigenvalue weighted by atomic mass is 16.1. The molecule has 2 rings (SSSR count). The number of rotatable bonds is 6. The van der Waals surface area contributed by atoms with E-state index in [1.54, 1.807) is 0 Å². The molecule has 0 saturated carbocycles. The Balaban J connectivity index is 2.04. The fourth-order valence-corrected chi connectivity index (χ4v) is 2.13. The van der Waals surface area contributed by atoms with Crippen LogP contribution in [0.4, 0.5) is 0 Å². The van der Waals surface area contributed by atoms with Crippen molar-refractivity contribution in [3.05, 3.63) is 30.2 Å². The molecule has 2 aromatic rings. The Labute approximate surface area is 118 Å². The maximum Gasteiger partial charge on any atom is 0.223 e. The highest BCUT2D eigenvalue weighted by molar-refractivity contribution is 5.78. The first-order valence-corrected chi connectivity index (χ1v) is 6.93. The molecule has 0 radical (unpaired) electrons. The highest BCUT2D eigenvalue weighted by Gasteiger charge is 2.19. The quantitative estimate of drug-likeness (QED) is 0.831. The second-order valence-electron chi connectivity index (χ2n) is 5.05. The number of pyridine rings is 1. The predicted molar refractivity (Wildman–Crippen MR) is 77.0 cm³/mol. The van der Waals surface area contributed by atoms with Crippen LogP contribution in [0.3, 0.4) is 0 Å². The average Bonchev–Trinajstić information content (AvgIpc) is 2.88. The molecule has 0 bridgehead atoms. The van der Waals surface area contributed by atoms with Crippen LogP contribution in [0, 0.1) is 5.92 Å². The fraction of sp³-hybridized carbons (Fsp3) is 0.500. The molecule has 20 heavy (non-hydrogen) atoms. The van der Waals surface area contributed by atoms with Gasteiger partial charge >= 0.3 is 0 Å². The third kappa shape index (κ3) is 3.14. The van der Waals surface area contributed by atoms with Gasteiger partial charge in [0, 0.05) is 12.1 Å². The second kappa shape index (κ2) is 6.47. The molecule has 3 N–H and O–H groups in total. The standard InChI is InChI=1S/C14H21N5O/c1-10(6-5-8-15)14(20)16-11(2)13-18-17-12-7-3-4-9-19(12)13/h3-4,7,9-11H,5-6,8,15H2,1-2H3,(H,16,20). The summed E-state index contributed by atoms with van der Waals surface area (Å²) in [5.41, 5.74) is 6.24. The zero-order chi connectivity index (χ0) is 14.5. The molecule has 0 spiro atoms. The number of carbonyl (C=O) groups excluding carboxylic acids is 1. The minimum atomic E-state index is -0.180. The summed E-state index contributed by atoms with van der Waals surface area (Å²) in [6.45, 7) is 4.44. The number of nitrogens with zero attached hydrogens (tertiary/aromatic N) is 3. The minimum Gasteiger partial charge on any atom is -0.346 e. The lowest BCUT2D eigenvalue weighted by Gasteiger charge is -2.16. The van der Waals surface area contributed by atoms with Crippen LogP contribution in [-0.2, 0) is 4.79 Å². The molecule has 0 aliphatic carbocycles. The fourth-order valence-electron chi connectivity index (χ4n) is 2.13. The van der Waals surface area contributed by atoms with Gasteiger partial charge in [-0.15, -0.1) is 10.2 Å². The van der Waals surface area contributed by atoms with Crippen LogP contribution < -0.4 is 11.1 Å². The van der Waals surface area contributed by atoms with Crippen molar-refractivity contribution in [2.45, 2.75) is 32.7 Å². The zero-order valence-corrected chi connectivity index (χ0v) is 11.9. The van der Waals surface area contributed by atoms with E-state index in [-0.39, 0.29) is 17.9 Å². The average molecular weight is 275 g/mol. The van der Waals surface area contributed by atoms with Crippen LogP contribution in [0.15, 0.2) is 24.4 Å². The van der Waals surface area contributed by atoms with E-state index in [0.29, 0.717) is 6.54 Å². The molecule has 6 nitrogen and oxygen atoms in total.